The first kappa shape index (κ1) is 12.1. The number of rotatable bonds is 5. The molecular weight excluding hydrogens is 212 g/mol. The Morgan fingerprint density at radius 3 is 2.65 bits per heavy atom. The van der Waals surface area contributed by atoms with Crippen molar-refractivity contribution in [2.45, 2.75) is 52.0 Å². The van der Waals surface area contributed by atoms with E-state index in [4.69, 9.17) is 0 Å². The van der Waals surface area contributed by atoms with Crippen LogP contribution in [0.3, 0.4) is 0 Å². The highest BCUT2D eigenvalue weighted by Crippen LogP contribution is 2.22. The zero-order valence-electron chi connectivity index (χ0n) is 10.8. The molecule has 0 aliphatic heterocycles. The van der Waals surface area contributed by atoms with E-state index >= 15 is 0 Å². The standard InChI is InChI=1S/C13H22N4/c1-3-8-14-12-9-13(16-10(2)15-12)17-11-6-4-5-7-11/h9,11H,3-8H2,1-2H3,(H2,14,15,16,17). The fourth-order valence-corrected chi connectivity index (χ4v) is 2.26. The van der Waals surface area contributed by atoms with Crippen molar-refractivity contribution in [2.75, 3.05) is 17.2 Å². The van der Waals surface area contributed by atoms with Crippen LogP contribution in [-0.4, -0.2) is 22.6 Å². The highest BCUT2D eigenvalue weighted by Gasteiger charge is 2.15. The predicted molar refractivity (Wildman–Crippen MR) is 71.4 cm³/mol. The van der Waals surface area contributed by atoms with Gasteiger partial charge < -0.3 is 10.6 Å². The van der Waals surface area contributed by atoms with Gasteiger partial charge >= 0.3 is 0 Å². The fraction of sp³-hybridized carbons (Fsp3) is 0.692. The number of aryl methyl sites for hydroxylation is 1. The fourth-order valence-electron chi connectivity index (χ4n) is 2.26. The van der Waals surface area contributed by atoms with Crippen molar-refractivity contribution in [2.24, 2.45) is 0 Å². The van der Waals surface area contributed by atoms with E-state index in [9.17, 15) is 0 Å². The number of hydrogen-bond acceptors (Lipinski definition) is 4. The van der Waals surface area contributed by atoms with Gasteiger partial charge in [0, 0.05) is 18.7 Å². The summed E-state index contributed by atoms with van der Waals surface area (Å²) >= 11 is 0. The molecule has 1 fully saturated rings. The smallest absolute Gasteiger partial charge is 0.132 e. The van der Waals surface area contributed by atoms with E-state index in [1.807, 2.05) is 13.0 Å². The molecule has 2 N–H and O–H groups in total. The van der Waals surface area contributed by atoms with E-state index in [1.54, 1.807) is 0 Å². The third-order valence-electron chi connectivity index (χ3n) is 3.10. The maximum atomic E-state index is 4.44. The zero-order chi connectivity index (χ0) is 12.1. The molecule has 1 aromatic heterocycles. The highest BCUT2D eigenvalue weighted by atomic mass is 15.1. The van der Waals surface area contributed by atoms with Gasteiger partial charge in [-0.25, -0.2) is 9.97 Å². The maximum absolute atomic E-state index is 4.44. The lowest BCUT2D eigenvalue weighted by molar-refractivity contribution is 0.748. The SMILES string of the molecule is CCCNc1cc(NC2CCCC2)nc(C)n1. The van der Waals surface area contributed by atoms with Crippen LogP contribution in [0.5, 0.6) is 0 Å². The molecule has 1 aromatic rings. The average molecular weight is 234 g/mol. The Kier molecular flexibility index (Phi) is 4.18. The molecule has 2 rings (SSSR count). The van der Waals surface area contributed by atoms with E-state index < -0.39 is 0 Å². The predicted octanol–water partition coefficient (Wildman–Crippen LogP) is 2.96. The van der Waals surface area contributed by atoms with Crippen LogP contribution in [0.4, 0.5) is 11.6 Å². The quantitative estimate of drug-likeness (QED) is 0.822. The Labute approximate surface area is 103 Å². The summed E-state index contributed by atoms with van der Waals surface area (Å²) in [6.07, 6.45) is 6.31. The van der Waals surface area contributed by atoms with E-state index in [0.29, 0.717) is 6.04 Å². The van der Waals surface area contributed by atoms with Crippen molar-refractivity contribution in [3.8, 4) is 0 Å². The van der Waals surface area contributed by atoms with Crippen molar-refractivity contribution in [1.29, 1.82) is 0 Å². The Morgan fingerprint density at radius 2 is 1.94 bits per heavy atom. The second-order valence-electron chi connectivity index (χ2n) is 4.74. The van der Waals surface area contributed by atoms with E-state index in [0.717, 1.165) is 30.4 Å². The van der Waals surface area contributed by atoms with Gasteiger partial charge in [-0.1, -0.05) is 19.8 Å². The first-order valence-electron chi connectivity index (χ1n) is 6.64. The van der Waals surface area contributed by atoms with E-state index in [1.165, 1.54) is 25.7 Å². The minimum absolute atomic E-state index is 0.600. The summed E-state index contributed by atoms with van der Waals surface area (Å²) in [5.41, 5.74) is 0. The molecule has 4 heteroatoms. The Balaban J connectivity index is 2.02. The lowest BCUT2D eigenvalue weighted by Crippen LogP contribution is -2.16. The summed E-state index contributed by atoms with van der Waals surface area (Å²) < 4.78 is 0. The molecule has 0 atom stereocenters. The number of nitrogens with one attached hydrogen (secondary N) is 2. The van der Waals surface area contributed by atoms with E-state index in [2.05, 4.69) is 27.5 Å². The molecule has 4 nitrogen and oxygen atoms in total. The van der Waals surface area contributed by atoms with Crippen molar-refractivity contribution in [3.63, 3.8) is 0 Å². The summed E-state index contributed by atoms with van der Waals surface area (Å²) in [6, 6.07) is 2.62. The van der Waals surface area contributed by atoms with Crippen LogP contribution < -0.4 is 10.6 Å². The van der Waals surface area contributed by atoms with Gasteiger partial charge in [0.25, 0.3) is 0 Å². The number of aromatic nitrogens is 2. The van der Waals surface area contributed by atoms with Crippen LogP contribution in [0, 0.1) is 6.92 Å². The minimum Gasteiger partial charge on any atom is -0.370 e. The summed E-state index contributed by atoms with van der Waals surface area (Å²) in [7, 11) is 0. The van der Waals surface area contributed by atoms with Crippen molar-refractivity contribution < 1.29 is 0 Å². The van der Waals surface area contributed by atoms with E-state index in [-0.39, 0.29) is 0 Å². The largest absolute Gasteiger partial charge is 0.370 e. The first-order valence-corrected chi connectivity index (χ1v) is 6.64. The monoisotopic (exact) mass is 234 g/mol. The molecule has 1 aliphatic rings. The molecule has 1 heterocycles. The first-order chi connectivity index (χ1) is 8.28. The average Bonchev–Trinajstić information content (AvgIpc) is 2.78. The molecule has 17 heavy (non-hydrogen) atoms. The molecule has 0 bridgehead atoms. The van der Waals surface area contributed by atoms with Gasteiger partial charge in [-0.05, 0) is 26.2 Å². The van der Waals surface area contributed by atoms with Gasteiger partial charge in [-0.3, -0.25) is 0 Å². The number of nitrogens with zero attached hydrogens (tertiary/aromatic N) is 2. The van der Waals surface area contributed by atoms with Gasteiger partial charge in [0.2, 0.25) is 0 Å². The molecule has 0 amide bonds. The van der Waals surface area contributed by atoms with Gasteiger partial charge in [-0.2, -0.15) is 0 Å². The van der Waals surface area contributed by atoms with Crippen LogP contribution >= 0.6 is 0 Å². The van der Waals surface area contributed by atoms with Crippen LogP contribution in [-0.2, 0) is 0 Å². The van der Waals surface area contributed by atoms with Crippen LogP contribution in [0.1, 0.15) is 44.9 Å². The minimum atomic E-state index is 0.600. The molecule has 0 unspecified atom stereocenters. The highest BCUT2D eigenvalue weighted by molar-refractivity contribution is 5.48. The summed E-state index contributed by atoms with van der Waals surface area (Å²) in [5.74, 6) is 2.72. The normalized spacial score (nSPS) is 16.1. The lowest BCUT2D eigenvalue weighted by Gasteiger charge is -2.14. The third-order valence-corrected chi connectivity index (χ3v) is 3.10. The number of hydrogen-bond donors (Lipinski definition) is 2. The molecule has 0 aromatic carbocycles. The second-order valence-corrected chi connectivity index (χ2v) is 4.74. The van der Waals surface area contributed by atoms with Gasteiger partial charge in [0.05, 0.1) is 0 Å². The Hall–Kier alpha value is -1.32. The lowest BCUT2D eigenvalue weighted by atomic mass is 10.2. The molecular formula is C13H22N4. The van der Waals surface area contributed by atoms with Crippen LogP contribution in [0.25, 0.3) is 0 Å². The summed E-state index contributed by atoms with van der Waals surface area (Å²) in [5, 5.41) is 6.82. The van der Waals surface area contributed by atoms with Gasteiger partial charge in [0.1, 0.15) is 17.5 Å². The van der Waals surface area contributed by atoms with Crippen LogP contribution in [0.15, 0.2) is 6.07 Å². The topological polar surface area (TPSA) is 49.8 Å². The van der Waals surface area contributed by atoms with Gasteiger partial charge in [-0.15, -0.1) is 0 Å². The molecule has 0 spiro atoms. The van der Waals surface area contributed by atoms with Crippen LogP contribution in [0.2, 0.25) is 0 Å². The maximum Gasteiger partial charge on any atom is 0.132 e. The van der Waals surface area contributed by atoms with Crippen molar-refractivity contribution in [1.82, 2.24) is 9.97 Å². The Bertz CT molecular complexity index is 358. The van der Waals surface area contributed by atoms with Crippen molar-refractivity contribution in [3.05, 3.63) is 11.9 Å². The summed E-state index contributed by atoms with van der Waals surface area (Å²) in [6.45, 7) is 5.05. The zero-order valence-corrected chi connectivity index (χ0v) is 10.8. The van der Waals surface area contributed by atoms with Gasteiger partial charge in [0.15, 0.2) is 0 Å². The summed E-state index contributed by atoms with van der Waals surface area (Å²) in [4.78, 5) is 8.83. The molecule has 94 valence electrons. The van der Waals surface area contributed by atoms with Crippen molar-refractivity contribution >= 4 is 11.6 Å². The molecule has 1 aliphatic carbocycles. The second kappa shape index (κ2) is 5.84. The number of anilines is 2. The molecule has 0 radical (unpaired) electrons. The molecule has 1 saturated carbocycles. The molecule has 0 saturated heterocycles. The third kappa shape index (κ3) is 3.58. The Morgan fingerprint density at radius 1 is 1.24 bits per heavy atom.